The summed E-state index contributed by atoms with van der Waals surface area (Å²) in [4.78, 5) is 15.2. The molecule has 1 saturated carbocycles. The van der Waals surface area contributed by atoms with E-state index in [-0.39, 0.29) is 5.92 Å². The predicted octanol–water partition coefficient (Wildman–Crippen LogP) is 3.37. The second-order valence-corrected chi connectivity index (χ2v) is 6.98. The highest BCUT2D eigenvalue weighted by atomic mass is 32.2. The summed E-state index contributed by atoms with van der Waals surface area (Å²) in [5, 5.41) is 0. The number of pyridine rings is 1. The monoisotopic (exact) mass is 330 g/mol. The number of hydrogen-bond acceptors (Lipinski definition) is 6. The number of nitrogens with one attached hydrogen (secondary N) is 1. The molecule has 1 unspecified atom stereocenters. The Bertz CT molecular complexity index is 639. The van der Waals surface area contributed by atoms with Crippen molar-refractivity contribution >= 4 is 35.5 Å². The second kappa shape index (κ2) is 7.08. The highest BCUT2D eigenvalue weighted by Gasteiger charge is 2.29. The van der Waals surface area contributed by atoms with Crippen molar-refractivity contribution in [2.24, 2.45) is 17.6 Å². The molecule has 2 heterocycles. The molecule has 0 aromatic carbocycles. The van der Waals surface area contributed by atoms with Gasteiger partial charge in [0.2, 0.25) is 0 Å². The lowest BCUT2D eigenvalue weighted by molar-refractivity contribution is -0.108. The summed E-state index contributed by atoms with van der Waals surface area (Å²) in [6.07, 6.45) is 11.4. The van der Waals surface area contributed by atoms with Gasteiger partial charge < -0.3 is 10.5 Å². The van der Waals surface area contributed by atoms with Crippen molar-refractivity contribution in [3.8, 4) is 0 Å². The number of nitrogens with two attached hydrogens (primary N) is 1. The smallest absolute Gasteiger partial charge is 0.161 e. The normalized spacial score (nSPS) is 18.8. The van der Waals surface area contributed by atoms with E-state index < -0.39 is 0 Å². The standard InChI is InChI=1S/C17H22N4OS/c1-12(5-7-22)8-14(4-6-18)15-9-16-17(19-10-15)20-23-21(16)11-13-2-3-13/h4,6-10,12-13H,2-3,5,11,18H2,1H3,(H,19,20)/b6-4-,14-8+. The lowest BCUT2D eigenvalue weighted by atomic mass is 10.00. The molecule has 2 aliphatic rings. The summed E-state index contributed by atoms with van der Waals surface area (Å²) in [6, 6.07) is 2.15. The molecule has 3 N–H and O–H groups in total. The number of allylic oxidation sites excluding steroid dienone is 3. The number of carbonyl (C=O) groups is 1. The molecule has 1 fully saturated rings. The van der Waals surface area contributed by atoms with E-state index >= 15 is 0 Å². The van der Waals surface area contributed by atoms with Crippen LogP contribution in [0.25, 0.3) is 5.57 Å². The molecular weight excluding hydrogens is 308 g/mol. The lowest BCUT2D eigenvalue weighted by Gasteiger charge is -2.16. The molecule has 3 rings (SSSR count). The first kappa shape index (κ1) is 15.9. The maximum Gasteiger partial charge on any atom is 0.161 e. The SMILES string of the molecule is CC(/C=C(\C=C/N)c1cnc2c(c1)N(CC1CC1)SN2)CC=O. The number of fused-ring (bicyclic) bond motifs is 1. The summed E-state index contributed by atoms with van der Waals surface area (Å²) < 4.78 is 5.55. The van der Waals surface area contributed by atoms with Crippen molar-refractivity contribution in [3.05, 3.63) is 36.2 Å². The summed E-state index contributed by atoms with van der Waals surface area (Å²) in [5.41, 5.74) is 8.74. The number of rotatable bonds is 7. The van der Waals surface area contributed by atoms with Gasteiger partial charge in [-0.1, -0.05) is 13.0 Å². The van der Waals surface area contributed by atoms with Gasteiger partial charge >= 0.3 is 0 Å². The van der Waals surface area contributed by atoms with Gasteiger partial charge in [-0.2, -0.15) is 0 Å². The van der Waals surface area contributed by atoms with Crippen molar-refractivity contribution in [1.82, 2.24) is 4.98 Å². The van der Waals surface area contributed by atoms with Gasteiger partial charge in [-0.05, 0) is 48.6 Å². The Hall–Kier alpha value is -1.95. The van der Waals surface area contributed by atoms with Crippen LogP contribution in [-0.4, -0.2) is 17.8 Å². The highest BCUT2D eigenvalue weighted by Crippen LogP contribution is 2.42. The molecule has 0 amide bonds. The van der Waals surface area contributed by atoms with Crippen molar-refractivity contribution < 1.29 is 4.79 Å². The third kappa shape index (κ3) is 3.88. The summed E-state index contributed by atoms with van der Waals surface area (Å²) in [6.45, 7) is 3.08. The van der Waals surface area contributed by atoms with Gasteiger partial charge in [0.05, 0.1) is 17.8 Å². The van der Waals surface area contributed by atoms with Crippen LogP contribution in [0.3, 0.4) is 0 Å². The molecule has 6 heteroatoms. The molecule has 0 bridgehead atoms. The van der Waals surface area contributed by atoms with Gasteiger partial charge in [-0.25, -0.2) is 4.98 Å². The quantitative estimate of drug-likeness (QED) is 0.454. The first-order valence-corrected chi connectivity index (χ1v) is 8.73. The minimum Gasteiger partial charge on any atom is -0.405 e. The number of aldehydes is 1. The van der Waals surface area contributed by atoms with Crippen LogP contribution in [0.4, 0.5) is 11.5 Å². The zero-order valence-electron chi connectivity index (χ0n) is 13.2. The van der Waals surface area contributed by atoms with E-state index in [1.54, 1.807) is 12.1 Å². The number of aromatic nitrogens is 1. The summed E-state index contributed by atoms with van der Waals surface area (Å²) in [5.74, 6) is 1.89. The van der Waals surface area contributed by atoms with Crippen molar-refractivity contribution in [1.29, 1.82) is 0 Å². The number of nitrogens with zero attached hydrogens (tertiary/aromatic N) is 2. The fourth-order valence-electron chi connectivity index (χ4n) is 2.58. The van der Waals surface area contributed by atoms with Gasteiger partial charge in [-0.15, -0.1) is 0 Å². The van der Waals surface area contributed by atoms with Crippen LogP contribution in [0, 0.1) is 11.8 Å². The molecule has 23 heavy (non-hydrogen) atoms. The fourth-order valence-corrected chi connectivity index (χ4v) is 3.45. The first-order valence-electron chi connectivity index (χ1n) is 7.96. The van der Waals surface area contributed by atoms with E-state index in [2.05, 4.69) is 26.2 Å². The Morgan fingerprint density at radius 2 is 2.43 bits per heavy atom. The van der Waals surface area contributed by atoms with Crippen LogP contribution in [-0.2, 0) is 4.79 Å². The summed E-state index contributed by atoms with van der Waals surface area (Å²) in [7, 11) is 0. The molecule has 1 aliphatic heterocycles. The van der Waals surface area contributed by atoms with Crippen LogP contribution in [0.2, 0.25) is 0 Å². The van der Waals surface area contributed by atoms with Gasteiger partial charge in [0.25, 0.3) is 0 Å². The number of carbonyl (C=O) groups excluding carboxylic acids is 1. The van der Waals surface area contributed by atoms with E-state index in [0.717, 1.165) is 41.4 Å². The fraction of sp³-hybridized carbons (Fsp3) is 0.412. The van der Waals surface area contributed by atoms with E-state index in [0.29, 0.717) is 6.42 Å². The van der Waals surface area contributed by atoms with Gasteiger partial charge in [0.1, 0.15) is 6.29 Å². The maximum absolute atomic E-state index is 10.7. The Morgan fingerprint density at radius 3 is 3.13 bits per heavy atom. The van der Waals surface area contributed by atoms with Crippen molar-refractivity contribution in [2.45, 2.75) is 26.2 Å². The molecule has 1 atom stereocenters. The van der Waals surface area contributed by atoms with E-state index in [9.17, 15) is 4.79 Å². The van der Waals surface area contributed by atoms with Gasteiger partial charge in [-0.3, -0.25) is 9.03 Å². The van der Waals surface area contributed by atoms with Crippen molar-refractivity contribution in [3.63, 3.8) is 0 Å². The molecule has 5 nitrogen and oxygen atoms in total. The number of anilines is 2. The molecule has 1 aromatic rings. The third-order valence-corrected chi connectivity index (χ3v) is 4.90. The van der Waals surface area contributed by atoms with E-state index in [4.69, 9.17) is 5.73 Å². The van der Waals surface area contributed by atoms with Gasteiger partial charge in [0.15, 0.2) is 5.82 Å². The average Bonchev–Trinajstić information content (AvgIpc) is 3.27. The largest absolute Gasteiger partial charge is 0.405 e. The van der Waals surface area contributed by atoms with Crippen LogP contribution < -0.4 is 14.8 Å². The lowest BCUT2D eigenvalue weighted by Crippen LogP contribution is -2.14. The maximum atomic E-state index is 10.7. The Kier molecular flexibility index (Phi) is 4.91. The third-order valence-electron chi connectivity index (χ3n) is 4.05. The molecule has 122 valence electrons. The number of hydrogen-bond donors (Lipinski definition) is 2. The molecule has 0 spiro atoms. The minimum absolute atomic E-state index is 0.169. The Balaban J connectivity index is 1.87. The van der Waals surface area contributed by atoms with Gasteiger partial charge in [0, 0.05) is 24.7 Å². The molecule has 1 aliphatic carbocycles. The molecule has 0 saturated heterocycles. The Labute approximate surface area is 141 Å². The molecular formula is C17H22N4OS. The van der Waals surface area contributed by atoms with Crippen LogP contribution in [0.5, 0.6) is 0 Å². The molecule has 1 aromatic heterocycles. The van der Waals surface area contributed by atoms with E-state index in [1.807, 2.05) is 19.2 Å². The predicted molar refractivity (Wildman–Crippen MR) is 96.7 cm³/mol. The summed E-state index contributed by atoms with van der Waals surface area (Å²) >= 11 is 1.61. The van der Waals surface area contributed by atoms with Crippen LogP contribution in [0.15, 0.2) is 30.6 Å². The zero-order valence-corrected chi connectivity index (χ0v) is 14.1. The van der Waals surface area contributed by atoms with Crippen LogP contribution >= 0.6 is 12.1 Å². The van der Waals surface area contributed by atoms with E-state index in [1.165, 1.54) is 19.0 Å². The first-order chi connectivity index (χ1) is 11.2. The minimum atomic E-state index is 0.169. The highest BCUT2D eigenvalue weighted by molar-refractivity contribution is 8.02. The molecule has 0 radical (unpaired) electrons. The topological polar surface area (TPSA) is 71.2 Å². The average molecular weight is 330 g/mol. The Morgan fingerprint density at radius 1 is 1.61 bits per heavy atom. The van der Waals surface area contributed by atoms with Crippen molar-refractivity contribution in [2.75, 3.05) is 15.6 Å². The second-order valence-electron chi connectivity index (χ2n) is 6.15. The zero-order chi connectivity index (χ0) is 16.2. The van der Waals surface area contributed by atoms with Crippen LogP contribution in [0.1, 0.15) is 31.7 Å².